The van der Waals surface area contributed by atoms with Gasteiger partial charge in [-0.05, 0) is 103 Å². The first-order chi connectivity index (χ1) is 36.6. The van der Waals surface area contributed by atoms with Gasteiger partial charge in [0.15, 0.2) is 6.10 Å². The maximum Gasteiger partial charge on any atom is 0.306 e. The standard InChI is InChI=1S/C69H116O5/c1-3-5-7-9-11-13-15-17-19-21-23-25-26-27-28-29-30-31-32-33-34-35-36-37-38-39-40-41-42-44-45-47-49-51-53-55-57-59-61-63-68(71)73-66-67(65-70)74-69(72)64-62-60-58-56-54-52-50-48-46-43-24-22-20-18-16-14-12-10-8-6-4-2/h5-8,11-14,17-20,23-25,43,48,50,54,56,67,70H,3-4,9-10,15-16,21-22,26-42,44-47,49,51-53,55,57-66H2,1-2H3/b7-5-,8-6-,13-11-,14-12-,19-17-,20-18-,25-23-,43-24-,50-48-,56-54-. The average Bonchev–Trinajstić information content (AvgIpc) is 3.40. The molecule has 0 rings (SSSR count). The molecule has 0 saturated carbocycles. The van der Waals surface area contributed by atoms with E-state index in [2.05, 4.69) is 135 Å². The normalized spacial score (nSPS) is 13.1. The molecule has 1 N–H and O–H groups in total. The van der Waals surface area contributed by atoms with Crippen molar-refractivity contribution in [3.8, 4) is 0 Å². The number of allylic oxidation sites excluding steroid dienone is 20. The first-order valence-electron chi connectivity index (χ1n) is 31.1. The molecular formula is C69H116O5. The lowest BCUT2D eigenvalue weighted by molar-refractivity contribution is -0.161. The Bertz CT molecular complexity index is 1490. The van der Waals surface area contributed by atoms with Crippen molar-refractivity contribution in [2.75, 3.05) is 13.2 Å². The lowest BCUT2D eigenvalue weighted by atomic mass is 10.0. The number of ether oxygens (including phenoxy) is 2. The fourth-order valence-corrected chi connectivity index (χ4v) is 8.67. The van der Waals surface area contributed by atoms with E-state index >= 15 is 0 Å². The molecule has 1 unspecified atom stereocenters. The van der Waals surface area contributed by atoms with E-state index in [1.807, 2.05) is 0 Å². The van der Waals surface area contributed by atoms with Gasteiger partial charge in [-0.3, -0.25) is 9.59 Å². The Labute approximate surface area is 458 Å². The van der Waals surface area contributed by atoms with Crippen LogP contribution < -0.4 is 0 Å². The maximum atomic E-state index is 12.3. The van der Waals surface area contributed by atoms with Crippen molar-refractivity contribution in [2.45, 2.75) is 290 Å². The van der Waals surface area contributed by atoms with Crippen LogP contribution in [0.5, 0.6) is 0 Å². The van der Waals surface area contributed by atoms with Gasteiger partial charge >= 0.3 is 11.9 Å². The summed E-state index contributed by atoms with van der Waals surface area (Å²) >= 11 is 0. The second-order valence-electron chi connectivity index (χ2n) is 20.4. The molecular weight excluding hydrogens is 909 g/mol. The number of unbranched alkanes of at least 4 members (excludes halogenated alkanes) is 28. The molecule has 0 aliphatic carbocycles. The Morgan fingerprint density at radius 2 is 0.541 bits per heavy atom. The summed E-state index contributed by atoms with van der Waals surface area (Å²) in [5.41, 5.74) is 0. The molecule has 0 spiro atoms. The Kier molecular flexibility index (Phi) is 60.4. The Morgan fingerprint density at radius 3 is 0.838 bits per heavy atom. The van der Waals surface area contributed by atoms with Crippen molar-refractivity contribution in [1.82, 2.24) is 0 Å². The van der Waals surface area contributed by atoms with Crippen LogP contribution in [0, 0.1) is 0 Å². The zero-order valence-electron chi connectivity index (χ0n) is 48.3. The van der Waals surface area contributed by atoms with Gasteiger partial charge in [0.25, 0.3) is 0 Å². The van der Waals surface area contributed by atoms with E-state index in [0.29, 0.717) is 12.8 Å². The molecule has 0 fully saturated rings. The zero-order valence-corrected chi connectivity index (χ0v) is 48.3. The summed E-state index contributed by atoms with van der Waals surface area (Å²) in [5.74, 6) is -0.638. The highest BCUT2D eigenvalue weighted by atomic mass is 16.6. The highest BCUT2D eigenvalue weighted by molar-refractivity contribution is 5.70. The average molecular weight is 1030 g/mol. The van der Waals surface area contributed by atoms with Gasteiger partial charge in [0, 0.05) is 12.8 Å². The lowest BCUT2D eigenvalue weighted by Crippen LogP contribution is -2.28. The van der Waals surface area contributed by atoms with Crippen LogP contribution in [0.2, 0.25) is 0 Å². The minimum atomic E-state index is -0.802. The number of carbonyl (C=O) groups excluding carboxylic acids is 2. The van der Waals surface area contributed by atoms with Crippen LogP contribution in [-0.2, 0) is 19.1 Å². The van der Waals surface area contributed by atoms with Gasteiger partial charge in [-0.1, -0.05) is 289 Å². The molecule has 0 aliphatic heterocycles. The third kappa shape index (κ3) is 60.9. The maximum absolute atomic E-state index is 12.3. The van der Waals surface area contributed by atoms with E-state index in [1.54, 1.807) is 0 Å². The number of esters is 2. The number of aliphatic hydroxyl groups is 1. The van der Waals surface area contributed by atoms with Gasteiger partial charge in [-0.2, -0.15) is 0 Å². The first-order valence-corrected chi connectivity index (χ1v) is 31.1. The molecule has 5 heteroatoms. The van der Waals surface area contributed by atoms with E-state index in [-0.39, 0.29) is 25.2 Å². The SMILES string of the molecule is CC/C=C\C/C=C\C/C=C\C/C=C\C/C=C\C/C=C\CCCCC(=O)OC(CO)COC(=O)CCCCCCCCCCCCCCCCCCCCCCCCCCCC/C=C\C/C=C\C/C=C\C/C=C\CC. The molecule has 0 saturated heterocycles. The number of rotatable bonds is 56. The number of hydrogen-bond donors (Lipinski definition) is 1. The number of aliphatic hydroxyl groups excluding tert-OH is 1. The summed E-state index contributed by atoms with van der Waals surface area (Å²) in [7, 11) is 0. The molecule has 0 aromatic rings. The van der Waals surface area contributed by atoms with E-state index in [1.165, 1.54) is 154 Å². The van der Waals surface area contributed by atoms with Crippen LogP contribution in [0.15, 0.2) is 122 Å². The Balaban J connectivity index is 3.47. The predicted octanol–water partition coefficient (Wildman–Crippen LogP) is 21.4. The second kappa shape index (κ2) is 63.6. The summed E-state index contributed by atoms with van der Waals surface area (Å²) < 4.78 is 10.7. The lowest BCUT2D eigenvalue weighted by Gasteiger charge is -2.15. The van der Waals surface area contributed by atoms with E-state index < -0.39 is 6.10 Å². The summed E-state index contributed by atoms with van der Waals surface area (Å²) in [6, 6.07) is 0. The molecule has 0 radical (unpaired) electrons. The quantitative estimate of drug-likeness (QED) is 0.0373. The number of hydrogen-bond acceptors (Lipinski definition) is 5. The molecule has 0 heterocycles. The second-order valence-corrected chi connectivity index (χ2v) is 20.4. The van der Waals surface area contributed by atoms with Gasteiger partial charge in [-0.25, -0.2) is 0 Å². The molecule has 0 bridgehead atoms. The van der Waals surface area contributed by atoms with Crippen LogP contribution in [0.3, 0.4) is 0 Å². The van der Waals surface area contributed by atoms with Crippen LogP contribution in [0.25, 0.3) is 0 Å². The fraction of sp³-hybridized carbons (Fsp3) is 0.681. The van der Waals surface area contributed by atoms with E-state index in [9.17, 15) is 14.7 Å². The van der Waals surface area contributed by atoms with Gasteiger partial charge in [0.2, 0.25) is 0 Å². The van der Waals surface area contributed by atoms with Crippen molar-refractivity contribution in [2.24, 2.45) is 0 Å². The molecule has 74 heavy (non-hydrogen) atoms. The Hall–Kier alpha value is -3.70. The summed E-state index contributed by atoms with van der Waals surface area (Å²) in [6.45, 7) is 3.89. The third-order valence-electron chi connectivity index (χ3n) is 13.3. The highest BCUT2D eigenvalue weighted by Gasteiger charge is 2.16. The van der Waals surface area contributed by atoms with Crippen molar-refractivity contribution in [3.05, 3.63) is 122 Å². The smallest absolute Gasteiger partial charge is 0.306 e. The molecule has 0 aliphatic rings. The summed E-state index contributed by atoms with van der Waals surface area (Å²) in [4.78, 5) is 24.5. The molecule has 0 aromatic carbocycles. The van der Waals surface area contributed by atoms with Crippen molar-refractivity contribution < 1.29 is 24.2 Å². The van der Waals surface area contributed by atoms with Crippen molar-refractivity contribution in [3.63, 3.8) is 0 Å². The summed E-state index contributed by atoms with van der Waals surface area (Å²) in [5, 5.41) is 9.65. The van der Waals surface area contributed by atoms with E-state index in [0.717, 1.165) is 103 Å². The monoisotopic (exact) mass is 1020 g/mol. The number of carbonyl (C=O) groups is 2. The predicted molar refractivity (Wildman–Crippen MR) is 325 cm³/mol. The van der Waals surface area contributed by atoms with Gasteiger partial charge in [0.1, 0.15) is 6.61 Å². The minimum Gasteiger partial charge on any atom is -0.462 e. The fourth-order valence-electron chi connectivity index (χ4n) is 8.67. The third-order valence-corrected chi connectivity index (χ3v) is 13.3. The topological polar surface area (TPSA) is 72.8 Å². The molecule has 0 aromatic heterocycles. The molecule has 0 amide bonds. The van der Waals surface area contributed by atoms with Gasteiger partial charge < -0.3 is 14.6 Å². The van der Waals surface area contributed by atoms with Crippen LogP contribution in [-0.4, -0.2) is 36.4 Å². The van der Waals surface area contributed by atoms with Crippen molar-refractivity contribution in [1.29, 1.82) is 0 Å². The first kappa shape index (κ1) is 70.3. The van der Waals surface area contributed by atoms with Crippen LogP contribution in [0.1, 0.15) is 284 Å². The minimum absolute atomic E-state index is 0.0870. The van der Waals surface area contributed by atoms with E-state index in [4.69, 9.17) is 9.47 Å². The van der Waals surface area contributed by atoms with Gasteiger partial charge in [-0.15, -0.1) is 0 Å². The summed E-state index contributed by atoms with van der Waals surface area (Å²) in [6.07, 6.45) is 93.6. The molecule has 1 atom stereocenters. The van der Waals surface area contributed by atoms with Crippen molar-refractivity contribution >= 4 is 11.9 Å². The van der Waals surface area contributed by atoms with Crippen LogP contribution >= 0.6 is 0 Å². The van der Waals surface area contributed by atoms with Gasteiger partial charge in [0.05, 0.1) is 6.61 Å². The molecule has 5 nitrogen and oxygen atoms in total. The highest BCUT2D eigenvalue weighted by Crippen LogP contribution is 2.17. The largest absolute Gasteiger partial charge is 0.462 e. The molecule has 422 valence electrons. The zero-order chi connectivity index (χ0) is 53.4. The Morgan fingerprint density at radius 1 is 0.311 bits per heavy atom. The van der Waals surface area contributed by atoms with Crippen LogP contribution in [0.4, 0.5) is 0 Å².